The molecule has 7 nitrogen and oxygen atoms in total. The Balaban J connectivity index is 1.30. The molecule has 1 aromatic carbocycles. The summed E-state index contributed by atoms with van der Waals surface area (Å²) in [5.41, 5.74) is 8.53. The van der Waals surface area contributed by atoms with Crippen LogP contribution >= 0.6 is 0 Å². The number of nitrogens with two attached hydrogens (primary N) is 1. The van der Waals surface area contributed by atoms with Crippen LogP contribution in [0.3, 0.4) is 0 Å². The third-order valence-corrected chi connectivity index (χ3v) is 4.49. The van der Waals surface area contributed by atoms with Gasteiger partial charge in [0, 0.05) is 6.61 Å². The SMILES string of the molecule is Nc1ncnn2c(C3CC[C@@H](CCOCc4ccccc4)O3)cnc12. The largest absolute Gasteiger partial charge is 0.381 e. The van der Waals surface area contributed by atoms with Gasteiger partial charge in [-0.2, -0.15) is 5.10 Å². The highest BCUT2D eigenvalue weighted by Crippen LogP contribution is 2.34. The topological polar surface area (TPSA) is 87.6 Å². The van der Waals surface area contributed by atoms with Crippen molar-refractivity contribution < 1.29 is 9.47 Å². The molecule has 130 valence electrons. The standard InChI is InChI=1S/C18H21N5O2/c19-17-18-20-10-15(23(18)22-12-21-17)16-7-6-14(25-16)8-9-24-11-13-4-2-1-3-5-13/h1-5,10,12,14,16H,6-9,11H2,(H2,19,21,22)/t14-,16?/m0/s1. The fourth-order valence-electron chi connectivity index (χ4n) is 3.19. The monoisotopic (exact) mass is 339 g/mol. The molecule has 0 amide bonds. The van der Waals surface area contributed by atoms with Crippen LogP contribution in [0.2, 0.25) is 0 Å². The molecule has 2 atom stereocenters. The second kappa shape index (κ2) is 7.16. The Bertz CT molecular complexity index is 836. The Kier molecular flexibility index (Phi) is 4.58. The van der Waals surface area contributed by atoms with E-state index in [9.17, 15) is 0 Å². The molecule has 0 spiro atoms. The van der Waals surface area contributed by atoms with Crippen LogP contribution in [0.4, 0.5) is 5.82 Å². The van der Waals surface area contributed by atoms with Crippen LogP contribution in [0.5, 0.6) is 0 Å². The summed E-state index contributed by atoms with van der Waals surface area (Å²) in [6.45, 7) is 1.33. The lowest BCUT2D eigenvalue weighted by Crippen LogP contribution is -2.11. The van der Waals surface area contributed by atoms with Gasteiger partial charge in [0.25, 0.3) is 0 Å². The highest BCUT2D eigenvalue weighted by molar-refractivity contribution is 5.58. The number of fused-ring (bicyclic) bond motifs is 1. The van der Waals surface area contributed by atoms with Crippen LogP contribution in [0, 0.1) is 0 Å². The normalized spacial score (nSPS) is 20.3. The van der Waals surface area contributed by atoms with Crippen LogP contribution in [0.25, 0.3) is 5.65 Å². The number of nitrogen functional groups attached to an aromatic ring is 1. The molecule has 1 saturated heterocycles. The lowest BCUT2D eigenvalue weighted by Gasteiger charge is -2.13. The van der Waals surface area contributed by atoms with Gasteiger partial charge in [-0.25, -0.2) is 14.5 Å². The zero-order valence-electron chi connectivity index (χ0n) is 13.9. The molecule has 0 saturated carbocycles. The minimum Gasteiger partial charge on any atom is -0.381 e. The number of ether oxygens (including phenoxy) is 2. The van der Waals surface area contributed by atoms with E-state index in [0.29, 0.717) is 24.7 Å². The maximum Gasteiger partial charge on any atom is 0.196 e. The van der Waals surface area contributed by atoms with Crippen molar-refractivity contribution in [2.45, 2.75) is 38.1 Å². The summed E-state index contributed by atoms with van der Waals surface area (Å²) in [5.74, 6) is 0.380. The Morgan fingerprint density at radius 1 is 1.20 bits per heavy atom. The van der Waals surface area contributed by atoms with Gasteiger partial charge in [0.1, 0.15) is 12.4 Å². The number of hydrogen-bond acceptors (Lipinski definition) is 6. The molecule has 1 aliphatic rings. The average Bonchev–Trinajstić information content (AvgIpc) is 3.27. The van der Waals surface area contributed by atoms with Crippen molar-refractivity contribution in [3.8, 4) is 0 Å². The molecule has 0 radical (unpaired) electrons. The van der Waals surface area contributed by atoms with Gasteiger partial charge in [0.15, 0.2) is 11.5 Å². The molecule has 3 heterocycles. The van der Waals surface area contributed by atoms with E-state index >= 15 is 0 Å². The first kappa shape index (κ1) is 16.0. The van der Waals surface area contributed by atoms with Crippen LogP contribution in [0.1, 0.15) is 36.6 Å². The second-order valence-electron chi connectivity index (χ2n) is 6.21. The number of benzene rings is 1. The van der Waals surface area contributed by atoms with E-state index < -0.39 is 0 Å². The molecule has 0 aliphatic carbocycles. The van der Waals surface area contributed by atoms with Crippen molar-refractivity contribution in [1.82, 2.24) is 19.6 Å². The predicted octanol–water partition coefficient (Wildman–Crippen LogP) is 2.53. The molecule has 1 unspecified atom stereocenters. The Morgan fingerprint density at radius 3 is 2.96 bits per heavy atom. The zero-order chi connectivity index (χ0) is 17.1. The second-order valence-corrected chi connectivity index (χ2v) is 6.21. The van der Waals surface area contributed by atoms with E-state index in [-0.39, 0.29) is 12.2 Å². The summed E-state index contributed by atoms with van der Waals surface area (Å²) in [6, 6.07) is 10.2. The minimum atomic E-state index is -0.0107. The highest BCUT2D eigenvalue weighted by Gasteiger charge is 2.29. The molecule has 1 aliphatic heterocycles. The molecule has 1 fully saturated rings. The van der Waals surface area contributed by atoms with Gasteiger partial charge >= 0.3 is 0 Å². The maximum atomic E-state index is 6.16. The van der Waals surface area contributed by atoms with E-state index in [2.05, 4.69) is 27.2 Å². The van der Waals surface area contributed by atoms with Gasteiger partial charge in [-0.1, -0.05) is 30.3 Å². The number of imidazole rings is 1. The van der Waals surface area contributed by atoms with Crippen molar-refractivity contribution in [2.24, 2.45) is 0 Å². The molecule has 7 heteroatoms. The van der Waals surface area contributed by atoms with Gasteiger partial charge < -0.3 is 15.2 Å². The number of hydrogen-bond donors (Lipinski definition) is 1. The van der Waals surface area contributed by atoms with Crippen molar-refractivity contribution >= 4 is 11.5 Å². The number of anilines is 1. The van der Waals surface area contributed by atoms with Gasteiger partial charge in [-0.05, 0) is 24.8 Å². The average molecular weight is 339 g/mol. The predicted molar refractivity (Wildman–Crippen MR) is 92.8 cm³/mol. The Labute approximate surface area is 145 Å². The van der Waals surface area contributed by atoms with Crippen LogP contribution in [-0.2, 0) is 16.1 Å². The van der Waals surface area contributed by atoms with E-state index in [1.165, 1.54) is 11.9 Å². The smallest absolute Gasteiger partial charge is 0.196 e. The van der Waals surface area contributed by atoms with Crippen molar-refractivity contribution in [3.63, 3.8) is 0 Å². The summed E-state index contributed by atoms with van der Waals surface area (Å²) in [6.07, 6.45) is 6.25. The molecule has 4 rings (SSSR count). The van der Waals surface area contributed by atoms with E-state index in [1.807, 2.05) is 18.2 Å². The summed E-state index contributed by atoms with van der Waals surface area (Å²) < 4.78 is 13.6. The molecule has 25 heavy (non-hydrogen) atoms. The molecule has 3 aromatic rings. The lowest BCUT2D eigenvalue weighted by molar-refractivity contribution is 0.0133. The van der Waals surface area contributed by atoms with Crippen LogP contribution in [-0.4, -0.2) is 32.3 Å². The van der Waals surface area contributed by atoms with Crippen LogP contribution < -0.4 is 5.73 Å². The van der Waals surface area contributed by atoms with Gasteiger partial charge in [-0.3, -0.25) is 0 Å². The lowest BCUT2D eigenvalue weighted by atomic mass is 10.1. The number of rotatable bonds is 6. The fraction of sp³-hybridized carbons (Fsp3) is 0.389. The van der Waals surface area contributed by atoms with E-state index in [0.717, 1.165) is 25.0 Å². The van der Waals surface area contributed by atoms with Crippen molar-refractivity contribution in [3.05, 3.63) is 54.1 Å². The summed E-state index contributed by atoms with van der Waals surface area (Å²) >= 11 is 0. The number of nitrogens with zero attached hydrogens (tertiary/aromatic N) is 4. The third-order valence-electron chi connectivity index (χ3n) is 4.49. The number of aromatic nitrogens is 4. The first-order chi connectivity index (χ1) is 12.3. The molecule has 2 N–H and O–H groups in total. The van der Waals surface area contributed by atoms with Gasteiger partial charge in [0.05, 0.1) is 24.6 Å². The van der Waals surface area contributed by atoms with Crippen LogP contribution in [0.15, 0.2) is 42.9 Å². The minimum absolute atomic E-state index is 0.0107. The first-order valence-electron chi connectivity index (χ1n) is 8.52. The van der Waals surface area contributed by atoms with E-state index in [4.69, 9.17) is 15.2 Å². The van der Waals surface area contributed by atoms with Crippen molar-refractivity contribution in [1.29, 1.82) is 0 Å². The van der Waals surface area contributed by atoms with Crippen molar-refractivity contribution in [2.75, 3.05) is 12.3 Å². The molecular weight excluding hydrogens is 318 g/mol. The Hall–Kier alpha value is -2.51. The van der Waals surface area contributed by atoms with Gasteiger partial charge in [0.2, 0.25) is 0 Å². The highest BCUT2D eigenvalue weighted by atomic mass is 16.5. The third kappa shape index (κ3) is 3.47. The zero-order valence-corrected chi connectivity index (χ0v) is 13.9. The molecular formula is C18H21N5O2. The summed E-state index contributed by atoms with van der Waals surface area (Å²) in [7, 11) is 0. The molecule has 0 bridgehead atoms. The summed E-state index contributed by atoms with van der Waals surface area (Å²) in [5, 5.41) is 4.24. The summed E-state index contributed by atoms with van der Waals surface area (Å²) in [4.78, 5) is 8.27. The maximum absolute atomic E-state index is 6.16. The first-order valence-corrected chi connectivity index (χ1v) is 8.52. The van der Waals surface area contributed by atoms with Gasteiger partial charge in [-0.15, -0.1) is 0 Å². The molecule has 2 aromatic heterocycles. The fourth-order valence-corrected chi connectivity index (χ4v) is 3.19. The quantitative estimate of drug-likeness (QED) is 0.694. The Morgan fingerprint density at radius 2 is 2.08 bits per heavy atom. The van der Waals surface area contributed by atoms with E-state index in [1.54, 1.807) is 10.7 Å².